The summed E-state index contributed by atoms with van der Waals surface area (Å²) in [7, 11) is 0. The quantitative estimate of drug-likeness (QED) is 0.530. The van der Waals surface area contributed by atoms with Gasteiger partial charge in [0.05, 0.1) is 12.1 Å². The Balaban J connectivity index is 0.00000225. The van der Waals surface area contributed by atoms with Crippen LogP contribution in [0.15, 0.2) is 54.7 Å². The molecule has 4 rings (SSSR count). The Hall–Kier alpha value is -2.08. The van der Waals surface area contributed by atoms with E-state index >= 15 is 0 Å². The van der Waals surface area contributed by atoms with Gasteiger partial charge in [-0.15, -0.1) is 0 Å². The third-order valence-corrected chi connectivity index (χ3v) is 5.21. The van der Waals surface area contributed by atoms with E-state index in [4.69, 9.17) is 0 Å². The molecule has 2 heterocycles. The Bertz CT molecular complexity index is 959. The van der Waals surface area contributed by atoms with Gasteiger partial charge in [0.2, 0.25) is 0 Å². The van der Waals surface area contributed by atoms with Crippen LogP contribution in [0.1, 0.15) is 36.2 Å². The lowest BCUT2D eigenvalue weighted by molar-refractivity contribution is -0.692. The van der Waals surface area contributed by atoms with Crippen molar-refractivity contribution < 1.29 is 34.7 Å². The molecule has 0 fully saturated rings. The van der Waals surface area contributed by atoms with Crippen LogP contribution in [0.2, 0.25) is 0 Å². The highest BCUT2D eigenvalue weighted by Gasteiger charge is 2.32. The summed E-state index contributed by atoms with van der Waals surface area (Å²) in [4.78, 5) is 0. The smallest absolute Gasteiger partial charge is 0.416 e. The SMILES string of the molecule is Cc1ccc(-c2cn(-c3cccc(C(F)(F)F)c3)c3[n+]2CCCCC3)cc1.[Br-]. The average Bonchev–Trinajstić information content (AvgIpc) is 2.83. The first-order chi connectivity index (χ1) is 12.9. The zero-order valence-corrected chi connectivity index (χ0v) is 17.2. The molecule has 3 aromatic rings. The molecule has 1 aliphatic rings. The van der Waals surface area contributed by atoms with Crippen molar-refractivity contribution in [3.8, 4) is 16.9 Å². The van der Waals surface area contributed by atoms with E-state index in [1.807, 2.05) is 17.7 Å². The van der Waals surface area contributed by atoms with Crippen LogP contribution < -0.4 is 21.5 Å². The average molecular weight is 451 g/mol. The third kappa shape index (κ3) is 4.02. The van der Waals surface area contributed by atoms with Crippen molar-refractivity contribution in [2.75, 3.05) is 0 Å². The number of fused-ring (bicyclic) bond motifs is 1. The van der Waals surface area contributed by atoms with E-state index in [1.54, 1.807) is 6.07 Å². The Morgan fingerprint density at radius 1 is 0.964 bits per heavy atom. The summed E-state index contributed by atoms with van der Waals surface area (Å²) in [6.45, 7) is 2.94. The van der Waals surface area contributed by atoms with E-state index < -0.39 is 11.7 Å². The van der Waals surface area contributed by atoms with Crippen LogP contribution in [-0.4, -0.2) is 4.57 Å². The predicted molar refractivity (Wildman–Crippen MR) is 98.7 cm³/mol. The molecule has 0 saturated carbocycles. The summed E-state index contributed by atoms with van der Waals surface area (Å²) in [5.41, 5.74) is 3.29. The molecule has 2 aromatic carbocycles. The number of benzene rings is 2. The van der Waals surface area contributed by atoms with Crippen molar-refractivity contribution in [2.45, 2.75) is 45.3 Å². The molecule has 0 saturated heterocycles. The van der Waals surface area contributed by atoms with Crippen molar-refractivity contribution in [1.29, 1.82) is 0 Å². The Kier molecular flexibility index (Phi) is 5.98. The van der Waals surface area contributed by atoms with Gasteiger partial charge in [-0.05, 0) is 44.4 Å². The first-order valence-electron chi connectivity index (χ1n) is 9.32. The molecule has 0 amide bonds. The highest BCUT2D eigenvalue weighted by Crippen LogP contribution is 2.31. The first kappa shape index (κ1) is 20.6. The van der Waals surface area contributed by atoms with Crippen molar-refractivity contribution in [1.82, 2.24) is 4.57 Å². The van der Waals surface area contributed by atoms with Crippen molar-refractivity contribution in [2.24, 2.45) is 0 Å². The topological polar surface area (TPSA) is 8.81 Å². The van der Waals surface area contributed by atoms with Gasteiger partial charge in [-0.2, -0.15) is 17.7 Å². The zero-order chi connectivity index (χ0) is 19.0. The summed E-state index contributed by atoms with van der Waals surface area (Å²) in [6.07, 6.45) is 1.78. The molecule has 1 aliphatic heterocycles. The lowest BCUT2D eigenvalue weighted by atomic mass is 10.1. The second kappa shape index (κ2) is 8.11. The number of hydrogen-bond donors (Lipinski definition) is 0. The Morgan fingerprint density at radius 2 is 1.71 bits per heavy atom. The summed E-state index contributed by atoms with van der Waals surface area (Å²) in [5.74, 6) is 1.07. The lowest BCUT2D eigenvalue weighted by Gasteiger charge is -2.08. The minimum absolute atomic E-state index is 0. The zero-order valence-electron chi connectivity index (χ0n) is 15.6. The number of imidazole rings is 1. The number of nitrogens with zero attached hydrogens (tertiary/aromatic N) is 2. The minimum Gasteiger partial charge on any atom is -1.00 e. The summed E-state index contributed by atoms with van der Waals surface area (Å²) >= 11 is 0. The molecule has 1 aromatic heterocycles. The third-order valence-electron chi connectivity index (χ3n) is 5.21. The van der Waals surface area contributed by atoms with Gasteiger partial charge in [-0.25, -0.2) is 4.57 Å². The standard InChI is InChI=1S/C22H22F3N2.BrH/c1-16-9-11-17(12-10-16)20-15-27(21-8-3-2-4-13-26(20)21)19-7-5-6-18(14-19)22(23,24)25;/h5-7,9-12,14-15H,2-4,8,13H2,1H3;1H/q+1;/p-1. The van der Waals surface area contributed by atoms with Gasteiger partial charge in [0.25, 0.3) is 5.82 Å². The number of aryl methyl sites for hydroxylation is 1. The van der Waals surface area contributed by atoms with E-state index in [0.29, 0.717) is 5.69 Å². The fourth-order valence-corrected chi connectivity index (χ4v) is 3.78. The normalized spacial score (nSPS) is 14.1. The molecule has 28 heavy (non-hydrogen) atoms. The van der Waals surface area contributed by atoms with Gasteiger partial charge in [0.15, 0.2) is 5.69 Å². The summed E-state index contributed by atoms with van der Waals surface area (Å²) in [6, 6.07) is 13.9. The van der Waals surface area contributed by atoms with Gasteiger partial charge in [-0.3, -0.25) is 0 Å². The molecule has 2 nitrogen and oxygen atoms in total. The van der Waals surface area contributed by atoms with E-state index in [0.717, 1.165) is 55.4 Å². The van der Waals surface area contributed by atoms with Crippen LogP contribution in [0.5, 0.6) is 0 Å². The largest absolute Gasteiger partial charge is 1.00 e. The first-order valence-corrected chi connectivity index (χ1v) is 9.32. The number of alkyl halides is 3. The number of hydrogen-bond acceptors (Lipinski definition) is 0. The predicted octanol–water partition coefficient (Wildman–Crippen LogP) is 2.49. The van der Waals surface area contributed by atoms with Crippen molar-refractivity contribution in [3.63, 3.8) is 0 Å². The number of halogens is 4. The van der Waals surface area contributed by atoms with Crippen LogP contribution in [0, 0.1) is 6.92 Å². The van der Waals surface area contributed by atoms with Crippen LogP contribution in [0.25, 0.3) is 16.9 Å². The second-order valence-corrected chi connectivity index (χ2v) is 7.18. The maximum absolute atomic E-state index is 13.2. The molecule has 0 aliphatic carbocycles. The molecule has 6 heteroatoms. The summed E-state index contributed by atoms with van der Waals surface area (Å²) in [5, 5.41) is 0. The Morgan fingerprint density at radius 3 is 2.43 bits per heavy atom. The molecule has 0 bridgehead atoms. The maximum Gasteiger partial charge on any atom is 0.416 e. The van der Waals surface area contributed by atoms with Gasteiger partial charge >= 0.3 is 6.18 Å². The minimum atomic E-state index is -4.34. The molecule has 148 valence electrons. The van der Waals surface area contributed by atoms with Crippen LogP contribution in [0.3, 0.4) is 0 Å². The van der Waals surface area contributed by atoms with E-state index in [2.05, 4.69) is 28.8 Å². The fourth-order valence-electron chi connectivity index (χ4n) is 3.78. The maximum atomic E-state index is 13.2. The summed E-state index contributed by atoms with van der Waals surface area (Å²) < 4.78 is 43.8. The monoisotopic (exact) mass is 450 g/mol. The lowest BCUT2D eigenvalue weighted by Crippen LogP contribution is -3.00. The molecule has 0 radical (unpaired) electrons. The molecule has 0 N–H and O–H groups in total. The molecular weight excluding hydrogens is 429 g/mol. The van der Waals surface area contributed by atoms with Gasteiger partial charge in [-0.1, -0.05) is 35.9 Å². The van der Waals surface area contributed by atoms with Gasteiger partial charge in [0, 0.05) is 12.0 Å². The highest BCUT2D eigenvalue weighted by atomic mass is 79.9. The number of rotatable bonds is 2. The number of aromatic nitrogens is 2. The molecular formula is C22H22BrF3N2. The Labute approximate surface area is 173 Å². The van der Waals surface area contributed by atoms with Crippen LogP contribution in [0.4, 0.5) is 13.2 Å². The molecule has 0 spiro atoms. The highest BCUT2D eigenvalue weighted by molar-refractivity contribution is 5.57. The van der Waals surface area contributed by atoms with E-state index in [-0.39, 0.29) is 17.0 Å². The van der Waals surface area contributed by atoms with Gasteiger partial charge in [0.1, 0.15) is 11.9 Å². The van der Waals surface area contributed by atoms with E-state index in [9.17, 15) is 13.2 Å². The molecule has 0 atom stereocenters. The molecule has 0 unspecified atom stereocenters. The van der Waals surface area contributed by atoms with E-state index in [1.165, 1.54) is 17.7 Å². The second-order valence-electron chi connectivity index (χ2n) is 7.18. The van der Waals surface area contributed by atoms with Crippen LogP contribution in [-0.2, 0) is 19.1 Å². The van der Waals surface area contributed by atoms with Crippen molar-refractivity contribution in [3.05, 3.63) is 71.7 Å². The fraction of sp³-hybridized carbons (Fsp3) is 0.318. The van der Waals surface area contributed by atoms with Gasteiger partial charge < -0.3 is 17.0 Å². The van der Waals surface area contributed by atoms with Crippen LogP contribution >= 0.6 is 0 Å². The van der Waals surface area contributed by atoms with Crippen molar-refractivity contribution >= 4 is 0 Å².